The molecule has 6 heteroatoms. The van der Waals surface area contributed by atoms with Gasteiger partial charge in [-0.15, -0.1) is 11.3 Å². The number of carbonyl (C=O) groups is 1. The SMILES string of the molecule is O=C(Cc1ccsc1)Nc1nc(-c2cccc(Br)c2)cs1. The predicted octanol–water partition coefficient (Wildman–Crippen LogP) is 4.82. The lowest BCUT2D eigenvalue weighted by Gasteiger charge is -2.00. The molecule has 2 heterocycles. The topological polar surface area (TPSA) is 42.0 Å². The van der Waals surface area contributed by atoms with E-state index in [1.54, 1.807) is 11.3 Å². The molecule has 0 unspecified atom stereocenters. The Morgan fingerprint density at radius 1 is 1.29 bits per heavy atom. The molecule has 0 bridgehead atoms. The molecule has 3 rings (SSSR count). The third-order valence-electron chi connectivity index (χ3n) is 2.82. The van der Waals surface area contributed by atoms with Crippen LogP contribution in [0.3, 0.4) is 0 Å². The maximum Gasteiger partial charge on any atom is 0.230 e. The van der Waals surface area contributed by atoms with E-state index in [1.807, 2.05) is 46.5 Å². The molecule has 3 nitrogen and oxygen atoms in total. The van der Waals surface area contributed by atoms with E-state index >= 15 is 0 Å². The summed E-state index contributed by atoms with van der Waals surface area (Å²) in [5.74, 6) is -0.0384. The number of nitrogens with zero attached hydrogens (tertiary/aromatic N) is 1. The van der Waals surface area contributed by atoms with Gasteiger partial charge in [0.1, 0.15) is 0 Å². The molecule has 21 heavy (non-hydrogen) atoms. The Morgan fingerprint density at radius 3 is 2.95 bits per heavy atom. The standard InChI is InChI=1S/C15H11BrN2OS2/c16-12-3-1-2-11(7-12)13-9-21-15(17-13)18-14(19)6-10-4-5-20-8-10/h1-5,7-9H,6H2,(H,17,18,19). The van der Waals surface area contributed by atoms with Gasteiger partial charge >= 0.3 is 0 Å². The van der Waals surface area contributed by atoms with Crippen molar-refractivity contribution in [3.63, 3.8) is 0 Å². The van der Waals surface area contributed by atoms with E-state index in [0.717, 1.165) is 21.3 Å². The first-order valence-corrected chi connectivity index (χ1v) is 8.84. The van der Waals surface area contributed by atoms with Gasteiger partial charge in [-0.1, -0.05) is 28.1 Å². The van der Waals surface area contributed by atoms with Gasteiger partial charge in [-0.2, -0.15) is 11.3 Å². The normalized spacial score (nSPS) is 10.5. The van der Waals surface area contributed by atoms with Crippen molar-refractivity contribution in [1.82, 2.24) is 4.98 Å². The third kappa shape index (κ3) is 3.78. The van der Waals surface area contributed by atoms with Gasteiger partial charge in [0.25, 0.3) is 0 Å². The summed E-state index contributed by atoms with van der Waals surface area (Å²) in [6, 6.07) is 9.90. The number of benzene rings is 1. The maximum absolute atomic E-state index is 11.9. The Kier molecular flexibility index (Phi) is 4.48. The maximum atomic E-state index is 11.9. The monoisotopic (exact) mass is 378 g/mol. The summed E-state index contributed by atoms with van der Waals surface area (Å²) in [5.41, 5.74) is 2.92. The lowest BCUT2D eigenvalue weighted by molar-refractivity contribution is -0.115. The van der Waals surface area contributed by atoms with Crippen molar-refractivity contribution in [2.45, 2.75) is 6.42 Å². The highest BCUT2D eigenvalue weighted by Crippen LogP contribution is 2.26. The summed E-state index contributed by atoms with van der Waals surface area (Å²) in [4.78, 5) is 16.4. The molecule has 0 radical (unpaired) electrons. The minimum atomic E-state index is -0.0384. The van der Waals surface area contributed by atoms with E-state index in [1.165, 1.54) is 11.3 Å². The zero-order chi connectivity index (χ0) is 14.7. The highest BCUT2D eigenvalue weighted by molar-refractivity contribution is 9.10. The zero-order valence-electron chi connectivity index (χ0n) is 10.9. The molecule has 1 N–H and O–H groups in total. The predicted molar refractivity (Wildman–Crippen MR) is 91.9 cm³/mol. The van der Waals surface area contributed by atoms with Crippen LogP contribution in [0, 0.1) is 0 Å². The van der Waals surface area contributed by atoms with Crippen LogP contribution >= 0.6 is 38.6 Å². The van der Waals surface area contributed by atoms with E-state index in [9.17, 15) is 4.79 Å². The van der Waals surface area contributed by atoms with Crippen molar-refractivity contribution < 1.29 is 4.79 Å². The van der Waals surface area contributed by atoms with Crippen LogP contribution in [0.15, 0.2) is 50.9 Å². The second-order valence-electron chi connectivity index (χ2n) is 4.40. The molecule has 3 aromatic rings. The minimum absolute atomic E-state index is 0.0384. The summed E-state index contributed by atoms with van der Waals surface area (Å²) in [6.07, 6.45) is 0.384. The molecule has 0 aliphatic carbocycles. The van der Waals surface area contributed by atoms with E-state index < -0.39 is 0 Å². The fourth-order valence-electron chi connectivity index (χ4n) is 1.85. The number of halogens is 1. The summed E-state index contributed by atoms with van der Waals surface area (Å²) in [6.45, 7) is 0. The molecular formula is C15H11BrN2OS2. The van der Waals surface area contributed by atoms with Crippen LogP contribution in [0.2, 0.25) is 0 Å². The molecule has 0 fully saturated rings. The minimum Gasteiger partial charge on any atom is -0.302 e. The van der Waals surface area contributed by atoms with Gasteiger partial charge in [0.15, 0.2) is 5.13 Å². The number of rotatable bonds is 4. The van der Waals surface area contributed by atoms with Gasteiger partial charge in [0, 0.05) is 15.4 Å². The third-order valence-corrected chi connectivity index (χ3v) is 4.80. The molecule has 106 valence electrons. The fourth-order valence-corrected chi connectivity index (χ4v) is 3.66. The van der Waals surface area contributed by atoms with Gasteiger partial charge < -0.3 is 5.32 Å². The molecule has 0 aliphatic heterocycles. The average Bonchev–Trinajstić information content (AvgIpc) is 3.10. The average molecular weight is 379 g/mol. The smallest absolute Gasteiger partial charge is 0.230 e. The van der Waals surface area contributed by atoms with E-state index in [4.69, 9.17) is 0 Å². The first-order chi connectivity index (χ1) is 10.2. The first kappa shape index (κ1) is 14.4. The van der Waals surface area contributed by atoms with Crippen molar-refractivity contribution in [3.8, 4) is 11.3 Å². The molecule has 1 aromatic carbocycles. The van der Waals surface area contributed by atoms with Gasteiger partial charge in [-0.05, 0) is 34.5 Å². The van der Waals surface area contributed by atoms with Crippen molar-refractivity contribution in [3.05, 3.63) is 56.5 Å². The van der Waals surface area contributed by atoms with Crippen molar-refractivity contribution in [1.29, 1.82) is 0 Å². The largest absolute Gasteiger partial charge is 0.302 e. The van der Waals surface area contributed by atoms with Crippen molar-refractivity contribution in [2.75, 3.05) is 5.32 Å². The molecular weight excluding hydrogens is 368 g/mol. The van der Waals surface area contributed by atoms with E-state index in [2.05, 4.69) is 26.2 Å². The Labute approximate surface area is 138 Å². The van der Waals surface area contributed by atoms with Crippen LogP contribution in [0.5, 0.6) is 0 Å². The zero-order valence-corrected chi connectivity index (χ0v) is 14.1. The molecule has 0 saturated heterocycles. The van der Waals surface area contributed by atoms with Crippen molar-refractivity contribution >= 4 is 49.6 Å². The lowest BCUT2D eigenvalue weighted by Crippen LogP contribution is -2.13. The van der Waals surface area contributed by atoms with E-state index in [-0.39, 0.29) is 5.91 Å². The van der Waals surface area contributed by atoms with Gasteiger partial charge in [-0.3, -0.25) is 4.79 Å². The van der Waals surface area contributed by atoms with Crippen LogP contribution in [-0.2, 0) is 11.2 Å². The summed E-state index contributed by atoms with van der Waals surface area (Å²) in [7, 11) is 0. The Balaban J connectivity index is 1.69. The summed E-state index contributed by atoms with van der Waals surface area (Å²) < 4.78 is 1.01. The fraction of sp³-hybridized carbons (Fsp3) is 0.0667. The Hall–Kier alpha value is -1.50. The van der Waals surface area contributed by atoms with Gasteiger partial charge in [-0.25, -0.2) is 4.98 Å². The number of hydrogen-bond acceptors (Lipinski definition) is 4. The summed E-state index contributed by atoms with van der Waals surface area (Å²) in [5, 5.41) is 9.37. The first-order valence-electron chi connectivity index (χ1n) is 6.23. The molecule has 0 spiro atoms. The highest BCUT2D eigenvalue weighted by Gasteiger charge is 2.09. The number of amides is 1. The highest BCUT2D eigenvalue weighted by atomic mass is 79.9. The van der Waals surface area contributed by atoms with Crippen molar-refractivity contribution in [2.24, 2.45) is 0 Å². The number of aromatic nitrogens is 1. The van der Waals surface area contributed by atoms with Crippen LogP contribution < -0.4 is 5.32 Å². The van der Waals surface area contributed by atoms with Crippen LogP contribution in [0.4, 0.5) is 5.13 Å². The number of nitrogens with one attached hydrogen (secondary N) is 1. The van der Waals surface area contributed by atoms with Gasteiger partial charge in [0.2, 0.25) is 5.91 Å². The molecule has 0 aliphatic rings. The molecule has 0 atom stereocenters. The number of hydrogen-bond donors (Lipinski definition) is 1. The Bertz CT molecular complexity index is 753. The molecule has 2 aromatic heterocycles. The van der Waals surface area contributed by atoms with Gasteiger partial charge in [0.05, 0.1) is 12.1 Å². The van der Waals surface area contributed by atoms with Crippen LogP contribution in [0.1, 0.15) is 5.56 Å². The molecule has 1 amide bonds. The second-order valence-corrected chi connectivity index (χ2v) is 6.96. The molecule has 0 saturated carbocycles. The number of thiazole rings is 1. The van der Waals surface area contributed by atoms with Crippen LogP contribution in [0.25, 0.3) is 11.3 Å². The second kappa shape index (κ2) is 6.51. The number of thiophene rings is 1. The Morgan fingerprint density at radius 2 is 2.19 bits per heavy atom. The number of anilines is 1. The van der Waals surface area contributed by atoms with Crippen LogP contribution in [-0.4, -0.2) is 10.9 Å². The quantitative estimate of drug-likeness (QED) is 0.707. The van der Waals surface area contributed by atoms with E-state index in [0.29, 0.717) is 11.6 Å². The summed E-state index contributed by atoms with van der Waals surface area (Å²) >= 11 is 6.48. The number of carbonyl (C=O) groups excluding carboxylic acids is 1. The lowest BCUT2D eigenvalue weighted by atomic mass is 10.2.